The van der Waals surface area contributed by atoms with Crippen LogP contribution in [0.25, 0.3) is 0 Å². The Balaban J connectivity index is 0.000000489. The molecule has 0 aliphatic carbocycles. The van der Waals surface area contributed by atoms with Gasteiger partial charge >= 0.3 is 17.9 Å². The fourth-order valence-electron chi connectivity index (χ4n) is 4.05. The first kappa shape index (κ1) is 40.1. The third-order valence-electron chi connectivity index (χ3n) is 6.80. The first-order valence-corrected chi connectivity index (χ1v) is 15.8. The van der Waals surface area contributed by atoms with Gasteiger partial charge in [-0.1, -0.05) is 64.4 Å². The van der Waals surface area contributed by atoms with Crippen LogP contribution in [0, 0.1) is 5.41 Å². The van der Waals surface area contributed by atoms with Gasteiger partial charge < -0.3 is 35.4 Å². The molecule has 2 rings (SSSR count). The van der Waals surface area contributed by atoms with E-state index >= 15 is 0 Å². The Morgan fingerprint density at radius 3 is 2.13 bits per heavy atom. The van der Waals surface area contributed by atoms with Crippen LogP contribution in [0.1, 0.15) is 69.3 Å². The van der Waals surface area contributed by atoms with Crippen LogP contribution in [0.5, 0.6) is 0 Å². The van der Waals surface area contributed by atoms with Crippen molar-refractivity contribution in [2.75, 3.05) is 52.8 Å². The number of nitrogens with zero attached hydrogens (tertiary/aromatic N) is 1. The quantitative estimate of drug-likeness (QED) is 0.137. The summed E-state index contributed by atoms with van der Waals surface area (Å²) in [7, 11) is 5.15. The van der Waals surface area contributed by atoms with E-state index in [1.807, 2.05) is 61.5 Å². The minimum absolute atomic E-state index is 0.0547. The molecule has 0 saturated carbocycles. The molecule has 0 radical (unpaired) electrons. The van der Waals surface area contributed by atoms with Crippen LogP contribution in [0.2, 0.25) is 0 Å². The molecule has 11 heteroatoms. The fraction of sp³-hybridized carbons (Fsp3) is 0.543. The highest BCUT2D eigenvalue weighted by Crippen LogP contribution is 2.17. The number of rotatable bonds is 18. The van der Waals surface area contributed by atoms with E-state index in [0.717, 1.165) is 37.2 Å². The molecule has 0 aliphatic rings. The average molecular weight is 643 g/mol. The molecular formula is C35H54N4O7. The third kappa shape index (κ3) is 18.1. The van der Waals surface area contributed by atoms with Gasteiger partial charge in [-0.2, -0.15) is 0 Å². The number of carbonyl (C=O) groups excluding carboxylic acids is 3. The summed E-state index contributed by atoms with van der Waals surface area (Å²) in [5.41, 5.74) is 2.56. The zero-order chi connectivity index (χ0) is 34.5. The molecule has 0 bridgehead atoms. The summed E-state index contributed by atoms with van der Waals surface area (Å²) in [5.74, 6) is -2.45. The Hall–Kier alpha value is -3.96. The van der Waals surface area contributed by atoms with Crippen LogP contribution in [0.3, 0.4) is 0 Å². The Labute approximate surface area is 274 Å². The summed E-state index contributed by atoms with van der Waals surface area (Å²) in [6.07, 6.45) is 2.99. The predicted octanol–water partition coefficient (Wildman–Crippen LogP) is 4.37. The smallest absolute Gasteiger partial charge is 0.338 e. The summed E-state index contributed by atoms with van der Waals surface area (Å²) < 4.78 is 9.96. The zero-order valence-electron chi connectivity index (χ0n) is 28.6. The minimum atomic E-state index is -1.09. The first-order chi connectivity index (χ1) is 21.7. The lowest BCUT2D eigenvalue weighted by molar-refractivity contribution is -0.145. The summed E-state index contributed by atoms with van der Waals surface area (Å²) in [6, 6.07) is 14.8. The Morgan fingerprint density at radius 2 is 1.59 bits per heavy atom. The predicted molar refractivity (Wildman–Crippen MR) is 181 cm³/mol. The number of carbonyl (C=O) groups is 4. The van der Waals surface area contributed by atoms with Crippen molar-refractivity contribution < 1.29 is 33.8 Å². The molecule has 256 valence electrons. The number of esters is 2. The zero-order valence-corrected chi connectivity index (χ0v) is 28.6. The third-order valence-corrected chi connectivity index (χ3v) is 6.80. The molecule has 46 heavy (non-hydrogen) atoms. The maximum Gasteiger partial charge on any atom is 0.338 e. The Bertz CT molecular complexity index is 1180. The number of aliphatic carboxylic acids is 1. The number of carboxylic acid groups (broad SMARTS) is 1. The number of hydrogen-bond acceptors (Lipinski definition) is 9. The van der Waals surface area contributed by atoms with Gasteiger partial charge in [0.2, 0.25) is 5.91 Å². The number of likely N-dealkylation sites (N-methyl/N-ethyl adjacent to an activating group) is 1. The summed E-state index contributed by atoms with van der Waals surface area (Å²) >= 11 is 0. The number of methoxy groups -OCH3 is 1. The lowest BCUT2D eigenvalue weighted by Gasteiger charge is -2.23. The molecule has 0 spiro atoms. The van der Waals surface area contributed by atoms with Crippen molar-refractivity contribution in [1.82, 2.24) is 15.5 Å². The number of ether oxygens (including phenoxy) is 2. The number of nitrogens with one attached hydrogen (secondary N) is 3. The van der Waals surface area contributed by atoms with E-state index in [1.54, 1.807) is 12.1 Å². The van der Waals surface area contributed by atoms with Gasteiger partial charge in [0.15, 0.2) is 0 Å². The van der Waals surface area contributed by atoms with E-state index in [1.165, 1.54) is 13.5 Å². The van der Waals surface area contributed by atoms with Crippen LogP contribution in [-0.2, 0) is 30.3 Å². The molecule has 0 aromatic heterocycles. The number of benzene rings is 2. The van der Waals surface area contributed by atoms with Crippen LogP contribution >= 0.6 is 0 Å². The standard InChI is InChI=1S/C20H30N2O5.C15H24N2O2/c1-20(2,3)10-11-21-15(13-17(23)24)18(25)22-16(19(26)27-4)12-14-8-6-5-7-9-14;1-4-5-10-16-14-8-6-13(7-9-14)15(18)19-12-11-17(2)3/h5-9,15-16,21H,10-13H2,1-4H3,(H,22,25)(H,23,24);6-9,16H,4-5,10-12H2,1-3H3/t15-,16-;/m0./s1. The molecule has 1 amide bonds. The van der Waals surface area contributed by atoms with Crippen LogP contribution in [0.4, 0.5) is 5.69 Å². The van der Waals surface area contributed by atoms with E-state index in [-0.39, 0.29) is 24.2 Å². The normalized spacial score (nSPS) is 12.3. The molecule has 11 nitrogen and oxygen atoms in total. The van der Waals surface area contributed by atoms with Gasteiger partial charge in [0.1, 0.15) is 12.6 Å². The molecule has 0 saturated heterocycles. The number of anilines is 1. The van der Waals surface area contributed by atoms with Crippen LogP contribution < -0.4 is 16.0 Å². The maximum atomic E-state index is 12.6. The van der Waals surface area contributed by atoms with Gasteiger partial charge in [-0.05, 0) is 68.7 Å². The lowest BCUT2D eigenvalue weighted by Crippen LogP contribution is -2.52. The minimum Gasteiger partial charge on any atom is -0.481 e. The molecule has 2 aromatic rings. The van der Waals surface area contributed by atoms with Crippen molar-refractivity contribution in [3.8, 4) is 0 Å². The van der Waals surface area contributed by atoms with Crippen LogP contribution in [-0.4, -0.2) is 93.4 Å². The fourth-order valence-corrected chi connectivity index (χ4v) is 4.05. The molecule has 0 fully saturated rings. The van der Waals surface area contributed by atoms with Gasteiger partial charge in [0, 0.05) is 25.2 Å². The van der Waals surface area contributed by atoms with Crippen molar-refractivity contribution in [3.05, 3.63) is 65.7 Å². The Kier molecular flexibility index (Phi) is 18.9. The molecule has 2 atom stereocenters. The molecule has 0 unspecified atom stereocenters. The Morgan fingerprint density at radius 1 is 0.935 bits per heavy atom. The van der Waals surface area contributed by atoms with Crippen molar-refractivity contribution in [2.24, 2.45) is 5.41 Å². The van der Waals surface area contributed by atoms with E-state index in [9.17, 15) is 19.2 Å². The molecule has 0 aliphatic heterocycles. The number of hydrogen-bond donors (Lipinski definition) is 4. The molecule has 4 N–H and O–H groups in total. The summed E-state index contributed by atoms with van der Waals surface area (Å²) in [4.78, 5) is 49.5. The van der Waals surface area contributed by atoms with Gasteiger partial charge in [0.25, 0.3) is 0 Å². The van der Waals surface area contributed by atoms with Crippen molar-refractivity contribution in [3.63, 3.8) is 0 Å². The van der Waals surface area contributed by atoms with Gasteiger partial charge in [-0.25, -0.2) is 9.59 Å². The van der Waals surface area contributed by atoms with Gasteiger partial charge in [-0.3, -0.25) is 9.59 Å². The average Bonchev–Trinajstić information content (AvgIpc) is 3.00. The van der Waals surface area contributed by atoms with Crippen molar-refractivity contribution >= 4 is 29.5 Å². The van der Waals surface area contributed by atoms with E-state index in [0.29, 0.717) is 18.7 Å². The lowest BCUT2D eigenvalue weighted by atomic mass is 9.92. The van der Waals surface area contributed by atoms with Gasteiger partial charge in [-0.15, -0.1) is 0 Å². The molecular weight excluding hydrogens is 588 g/mol. The van der Waals surface area contributed by atoms with E-state index in [4.69, 9.17) is 14.6 Å². The molecule has 0 heterocycles. The highest BCUT2D eigenvalue weighted by molar-refractivity contribution is 5.90. The second kappa shape index (κ2) is 21.7. The largest absolute Gasteiger partial charge is 0.481 e. The summed E-state index contributed by atoms with van der Waals surface area (Å²) in [5, 5.41) is 18.0. The van der Waals surface area contributed by atoms with Crippen molar-refractivity contribution in [1.29, 1.82) is 0 Å². The monoisotopic (exact) mass is 642 g/mol. The number of amides is 1. The SMILES string of the molecule is CCCCNc1ccc(C(=O)OCCN(C)C)cc1.COC(=O)[C@H](Cc1ccccc1)NC(=O)[C@H](CC(=O)O)NCCC(C)(C)C. The van der Waals surface area contributed by atoms with Crippen molar-refractivity contribution in [2.45, 2.75) is 71.9 Å². The van der Waals surface area contributed by atoms with E-state index < -0.39 is 29.9 Å². The highest BCUT2D eigenvalue weighted by Gasteiger charge is 2.28. The summed E-state index contributed by atoms with van der Waals surface area (Å²) in [6.45, 7) is 11.0. The maximum absolute atomic E-state index is 12.6. The van der Waals surface area contributed by atoms with Gasteiger partial charge in [0.05, 0.1) is 25.1 Å². The first-order valence-electron chi connectivity index (χ1n) is 15.8. The second-order valence-electron chi connectivity index (χ2n) is 12.5. The van der Waals surface area contributed by atoms with E-state index in [2.05, 4.69) is 43.6 Å². The topological polar surface area (TPSA) is 146 Å². The second-order valence-corrected chi connectivity index (χ2v) is 12.5. The highest BCUT2D eigenvalue weighted by atomic mass is 16.5. The van der Waals surface area contributed by atoms with Crippen LogP contribution in [0.15, 0.2) is 54.6 Å². The number of unbranched alkanes of at least 4 members (excludes halogenated alkanes) is 1. The molecule has 2 aromatic carbocycles. The number of carboxylic acids is 1.